The molecular weight excluding hydrogens is 366 g/mol. The molecule has 0 atom stereocenters. The van der Waals surface area contributed by atoms with Gasteiger partial charge in [-0.05, 0) is 45.8 Å². The molecule has 0 aliphatic carbocycles. The summed E-state index contributed by atoms with van der Waals surface area (Å²) < 4.78 is 11.8. The number of hydrogen-bond acceptors (Lipinski definition) is 3. The zero-order valence-corrected chi connectivity index (χ0v) is 14.6. The van der Waals surface area contributed by atoms with Crippen LogP contribution in [0.3, 0.4) is 0 Å². The molecule has 0 aliphatic rings. The first-order valence-corrected chi connectivity index (χ1v) is 7.91. The molecule has 0 heterocycles. The Morgan fingerprint density at radius 3 is 2.77 bits per heavy atom. The van der Waals surface area contributed by atoms with Crippen molar-refractivity contribution < 1.29 is 9.47 Å². The van der Waals surface area contributed by atoms with Gasteiger partial charge in [-0.1, -0.05) is 36.4 Å². The third-order valence-corrected chi connectivity index (χ3v) is 3.91. The number of benzene rings is 2. The number of nitrogens with one attached hydrogen (secondary N) is 1. The highest BCUT2D eigenvalue weighted by atomic mass is 79.9. The van der Waals surface area contributed by atoms with Crippen LogP contribution in [-0.2, 0) is 6.54 Å². The Morgan fingerprint density at radius 2 is 2.09 bits per heavy atom. The summed E-state index contributed by atoms with van der Waals surface area (Å²) in [5.41, 5.74) is 1.95. The maximum atomic E-state index is 6.14. The van der Waals surface area contributed by atoms with Crippen LogP contribution in [0.4, 0.5) is 5.69 Å². The van der Waals surface area contributed by atoms with Gasteiger partial charge in [0.15, 0.2) is 11.5 Å². The van der Waals surface area contributed by atoms with E-state index in [-0.39, 0.29) is 0 Å². The van der Waals surface area contributed by atoms with Gasteiger partial charge in [-0.2, -0.15) is 0 Å². The molecule has 0 radical (unpaired) electrons. The minimum absolute atomic E-state index is 0.423. The summed E-state index contributed by atoms with van der Waals surface area (Å²) in [6.45, 7) is 4.69. The maximum absolute atomic E-state index is 6.14. The Labute approximate surface area is 144 Å². The Hall–Kier alpha value is -1.65. The van der Waals surface area contributed by atoms with Gasteiger partial charge < -0.3 is 14.8 Å². The molecule has 116 valence electrons. The highest BCUT2D eigenvalue weighted by Gasteiger charge is 2.11. The average molecular weight is 383 g/mol. The van der Waals surface area contributed by atoms with Crippen molar-refractivity contribution >= 4 is 33.2 Å². The molecule has 0 aliphatic heterocycles. The molecule has 0 spiro atoms. The van der Waals surface area contributed by atoms with Crippen molar-refractivity contribution in [3.05, 3.63) is 64.1 Å². The summed E-state index contributed by atoms with van der Waals surface area (Å²) in [4.78, 5) is 0. The zero-order chi connectivity index (χ0) is 15.9. The van der Waals surface area contributed by atoms with E-state index in [4.69, 9.17) is 21.1 Å². The third kappa shape index (κ3) is 4.18. The van der Waals surface area contributed by atoms with E-state index in [2.05, 4.69) is 27.8 Å². The number of halogens is 2. The van der Waals surface area contributed by atoms with Crippen LogP contribution in [0.2, 0.25) is 5.02 Å². The number of rotatable bonds is 7. The quantitative estimate of drug-likeness (QED) is 0.660. The first-order chi connectivity index (χ1) is 10.7. The lowest BCUT2D eigenvalue weighted by Crippen LogP contribution is -2.02. The molecule has 22 heavy (non-hydrogen) atoms. The molecule has 0 saturated heterocycles. The first kappa shape index (κ1) is 16.7. The molecule has 0 aromatic heterocycles. The van der Waals surface area contributed by atoms with E-state index in [1.807, 2.05) is 36.4 Å². The number of para-hydroxylation sites is 1. The van der Waals surface area contributed by atoms with Crippen LogP contribution in [0.1, 0.15) is 5.56 Å². The second-order valence-corrected chi connectivity index (χ2v) is 5.80. The van der Waals surface area contributed by atoms with Gasteiger partial charge in [0, 0.05) is 6.54 Å². The Bertz CT molecular complexity index is 661. The topological polar surface area (TPSA) is 30.5 Å². The summed E-state index contributed by atoms with van der Waals surface area (Å²) >= 11 is 9.65. The largest absolute Gasteiger partial charge is 0.493 e. The van der Waals surface area contributed by atoms with Crippen LogP contribution in [0.5, 0.6) is 11.5 Å². The monoisotopic (exact) mass is 381 g/mol. The second-order valence-electron chi connectivity index (χ2n) is 4.54. The molecule has 0 unspecified atom stereocenters. The summed E-state index contributed by atoms with van der Waals surface area (Å²) in [5, 5.41) is 4.00. The number of anilines is 1. The van der Waals surface area contributed by atoms with E-state index in [1.54, 1.807) is 13.2 Å². The van der Waals surface area contributed by atoms with Gasteiger partial charge in [-0.25, -0.2) is 0 Å². The van der Waals surface area contributed by atoms with E-state index in [1.165, 1.54) is 0 Å². The first-order valence-electron chi connectivity index (χ1n) is 6.74. The summed E-state index contributed by atoms with van der Waals surface area (Å²) in [5.74, 6) is 1.34. The fourth-order valence-corrected chi connectivity index (χ4v) is 2.77. The predicted octanol–water partition coefficient (Wildman–Crippen LogP) is 5.29. The minimum atomic E-state index is 0.423. The van der Waals surface area contributed by atoms with Crippen LogP contribution in [0.25, 0.3) is 0 Å². The van der Waals surface area contributed by atoms with Gasteiger partial charge in [0.2, 0.25) is 0 Å². The Balaban J connectivity index is 2.16. The molecule has 1 N–H and O–H groups in total. The van der Waals surface area contributed by atoms with Crippen molar-refractivity contribution in [2.45, 2.75) is 6.54 Å². The van der Waals surface area contributed by atoms with Crippen molar-refractivity contribution in [1.82, 2.24) is 0 Å². The van der Waals surface area contributed by atoms with Gasteiger partial charge in [-0.3, -0.25) is 0 Å². The summed E-state index contributed by atoms with van der Waals surface area (Å²) in [6, 6.07) is 11.6. The van der Waals surface area contributed by atoms with Crippen LogP contribution in [0, 0.1) is 0 Å². The van der Waals surface area contributed by atoms with Crippen molar-refractivity contribution in [2.75, 3.05) is 19.0 Å². The number of methoxy groups -OCH3 is 1. The van der Waals surface area contributed by atoms with Gasteiger partial charge in [0.1, 0.15) is 6.61 Å². The van der Waals surface area contributed by atoms with E-state index >= 15 is 0 Å². The van der Waals surface area contributed by atoms with Gasteiger partial charge in [0.25, 0.3) is 0 Å². The van der Waals surface area contributed by atoms with E-state index in [9.17, 15) is 0 Å². The molecule has 3 nitrogen and oxygen atoms in total. The highest BCUT2D eigenvalue weighted by molar-refractivity contribution is 9.10. The molecule has 5 heteroatoms. The van der Waals surface area contributed by atoms with Crippen LogP contribution < -0.4 is 14.8 Å². The normalized spacial score (nSPS) is 10.1. The van der Waals surface area contributed by atoms with E-state index in [0.29, 0.717) is 29.7 Å². The molecule has 2 aromatic carbocycles. The zero-order valence-electron chi connectivity index (χ0n) is 12.2. The van der Waals surface area contributed by atoms with E-state index < -0.39 is 0 Å². The molecular formula is C17H17BrClNO2. The molecule has 0 amide bonds. The Morgan fingerprint density at radius 1 is 1.32 bits per heavy atom. The lowest BCUT2D eigenvalue weighted by Gasteiger charge is -2.14. The molecule has 0 saturated carbocycles. The van der Waals surface area contributed by atoms with Crippen molar-refractivity contribution in [2.24, 2.45) is 0 Å². The molecule has 2 rings (SSSR count). The van der Waals surface area contributed by atoms with Gasteiger partial charge >= 0.3 is 0 Å². The van der Waals surface area contributed by atoms with E-state index in [0.717, 1.165) is 15.7 Å². The molecule has 0 bridgehead atoms. The third-order valence-electron chi connectivity index (χ3n) is 2.99. The van der Waals surface area contributed by atoms with Crippen molar-refractivity contribution in [1.29, 1.82) is 0 Å². The SMILES string of the molecule is C=CCOc1c(Br)cc(CNc2ccccc2Cl)cc1OC. The summed E-state index contributed by atoms with van der Waals surface area (Å²) in [6.07, 6.45) is 1.69. The van der Waals surface area contributed by atoms with Crippen LogP contribution in [-0.4, -0.2) is 13.7 Å². The van der Waals surface area contributed by atoms with Crippen LogP contribution >= 0.6 is 27.5 Å². The lowest BCUT2D eigenvalue weighted by molar-refractivity contribution is 0.324. The van der Waals surface area contributed by atoms with Crippen molar-refractivity contribution in [3.8, 4) is 11.5 Å². The maximum Gasteiger partial charge on any atom is 0.175 e. The predicted molar refractivity (Wildman–Crippen MR) is 95.2 cm³/mol. The van der Waals surface area contributed by atoms with Gasteiger partial charge in [-0.15, -0.1) is 0 Å². The Kier molecular flexibility index (Phi) is 6.16. The smallest absolute Gasteiger partial charge is 0.175 e. The minimum Gasteiger partial charge on any atom is -0.493 e. The lowest BCUT2D eigenvalue weighted by atomic mass is 10.2. The average Bonchev–Trinajstić information content (AvgIpc) is 2.52. The fraction of sp³-hybridized carbons (Fsp3) is 0.176. The highest BCUT2D eigenvalue weighted by Crippen LogP contribution is 2.37. The molecule has 0 fully saturated rings. The van der Waals surface area contributed by atoms with Crippen molar-refractivity contribution in [3.63, 3.8) is 0 Å². The van der Waals surface area contributed by atoms with Crippen LogP contribution in [0.15, 0.2) is 53.5 Å². The molecule has 2 aromatic rings. The number of ether oxygens (including phenoxy) is 2. The standard InChI is InChI=1S/C17H17BrClNO2/c1-3-8-22-17-13(18)9-12(10-16(17)21-2)11-20-15-7-5-4-6-14(15)19/h3-7,9-10,20H,1,8,11H2,2H3. The van der Waals surface area contributed by atoms with Gasteiger partial charge in [0.05, 0.1) is 22.3 Å². The fourth-order valence-electron chi connectivity index (χ4n) is 1.96. The number of hydrogen-bond donors (Lipinski definition) is 1. The second kappa shape index (κ2) is 8.11. The summed E-state index contributed by atoms with van der Waals surface area (Å²) in [7, 11) is 1.62.